The number of pyridine rings is 1. The lowest BCUT2D eigenvalue weighted by Gasteiger charge is -2.25. The second kappa shape index (κ2) is 8.74. The summed E-state index contributed by atoms with van der Waals surface area (Å²) in [5.74, 6) is 0. The van der Waals surface area contributed by atoms with E-state index in [2.05, 4.69) is 4.98 Å². The summed E-state index contributed by atoms with van der Waals surface area (Å²) in [4.78, 5) is 15.9. The molecule has 1 aromatic heterocycles. The number of ether oxygens (including phenoxy) is 1. The lowest BCUT2D eigenvalue weighted by Crippen LogP contribution is -2.38. The summed E-state index contributed by atoms with van der Waals surface area (Å²) in [5, 5.41) is 1.37. The first kappa shape index (κ1) is 22.0. The molecule has 0 aliphatic carbocycles. The molecule has 1 N–H and O–H groups in total. The number of fused-ring (bicyclic) bond motifs is 1. The molecule has 1 aliphatic heterocycles. The van der Waals surface area contributed by atoms with Crippen LogP contribution >= 0.6 is 11.6 Å². The summed E-state index contributed by atoms with van der Waals surface area (Å²) < 4.78 is 33.9. The van der Waals surface area contributed by atoms with Crippen molar-refractivity contribution in [3.8, 4) is 0 Å². The Labute approximate surface area is 186 Å². The molecule has 1 saturated heterocycles. The van der Waals surface area contributed by atoms with Crippen LogP contribution in [-0.4, -0.2) is 37.0 Å². The number of nitrogens with one attached hydrogen (secondary N) is 1. The Bertz CT molecular complexity index is 1260. The first-order valence-electron chi connectivity index (χ1n) is 10.2. The van der Waals surface area contributed by atoms with Crippen LogP contribution in [0, 0.1) is 13.8 Å². The van der Waals surface area contributed by atoms with Crippen LogP contribution in [0.3, 0.4) is 0 Å². The number of aromatic amines is 1. The summed E-state index contributed by atoms with van der Waals surface area (Å²) in [7, 11) is -3.85. The van der Waals surface area contributed by atoms with Gasteiger partial charge >= 0.3 is 0 Å². The Morgan fingerprint density at radius 2 is 1.84 bits per heavy atom. The largest absolute Gasteiger partial charge is 0.377 e. The fraction of sp³-hybridized carbons (Fsp3) is 0.348. The summed E-state index contributed by atoms with van der Waals surface area (Å²) >= 11 is 5.94. The summed E-state index contributed by atoms with van der Waals surface area (Å²) in [6.07, 6.45) is 1.50. The van der Waals surface area contributed by atoms with Crippen LogP contribution in [-0.2, 0) is 21.3 Å². The molecule has 0 unspecified atom stereocenters. The number of nitrogens with zero attached hydrogens (tertiary/aromatic N) is 1. The maximum Gasteiger partial charge on any atom is 0.252 e. The number of benzene rings is 2. The Morgan fingerprint density at radius 1 is 1.13 bits per heavy atom. The highest BCUT2D eigenvalue weighted by molar-refractivity contribution is 7.89. The highest BCUT2D eigenvalue weighted by Gasteiger charge is 2.30. The first-order valence-corrected chi connectivity index (χ1v) is 12.1. The normalized spacial score (nSPS) is 17.0. The van der Waals surface area contributed by atoms with Gasteiger partial charge in [0.05, 0.1) is 16.5 Å². The van der Waals surface area contributed by atoms with Gasteiger partial charge in [0.2, 0.25) is 10.0 Å². The van der Waals surface area contributed by atoms with Gasteiger partial charge in [-0.25, -0.2) is 8.42 Å². The fourth-order valence-corrected chi connectivity index (χ4v) is 5.52. The zero-order valence-electron chi connectivity index (χ0n) is 17.5. The van der Waals surface area contributed by atoms with Gasteiger partial charge in [-0.2, -0.15) is 4.31 Å². The molecule has 8 heteroatoms. The van der Waals surface area contributed by atoms with E-state index in [-0.39, 0.29) is 29.6 Å². The standard InChI is InChI=1S/C23H25ClN2O4S/c1-15-5-6-16(2)22-21(15)12-17(23(27)25-22)13-26(14-19-4-3-11-30-19)31(28,29)20-9-7-18(24)8-10-20/h5-10,12,19H,3-4,11,13-14H2,1-2H3,(H,25,27)/t19-/m0/s1. The van der Waals surface area contributed by atoms with E-state index < -0.39 is 10.0 Å². The van der Waals surface area contributed by atoms with Gasteiger partial charge in [0.1, 0.15) is 0 Å². The molecule has 0 amide bonds. The summed E-state index contributed by atoms with van der Waals surface area (Å²) in [6.45, 7) is 4.68. The van der Waals surface area contributed by atoms with Crippen molar-refractivity contribution < 1.29 is 13.2 Å². The van der Waals surface area contributed by atoms with Gasteiger partial charge in [-0.15, -0.1) is 0 Å². The van der Waals surface area contributed by atoms with Crippen LogP contribution in [0.5, 0.6) is 0 Å². The van der Waals surface area contributed by atoms with Crippen molar-refractivity contribution in [2.45, 2.75) is 44.2 Å². The smallest absolute Gasteiger partial charge is 0.252 e. The quantitative estimate of drug-likeness (QED) is 0.598. The Kier molecular flexibility index (Phi) is 6.21. The van der Waals surface area contributed by atoms with Crippen molar-refractivity contribution in [3.05, 3.63) is 74.5 Å². The zero-order valence-corrected chi connectivity index (χ0v) is 19.1. The van der Waals surface area contributed by atoms with Crippen LogP contribution in [0.25, 0.3) is 10.9 Å². The van der Waals surface area contributed by atoms with E-state index in [4.69, 9.17) is 16.3 Å². The molecule has 0 radical (unpaired) electrons. The van der Waals surface area contributed by atoms with Crippen molar-refractivity contribution in [2.24, 2.45) is 0 Å². The van der Waals surface area contributed by atoms with Crippen molar-refractivity contribution >= 4 is 32.5 Å². The monoisotopic (exact) mass is 460 g/mol. The van der Waals surface area contributed by atoms with Gasteiger partial charge in [-0.1, -0.05) is 23.7 Å². The molecule has 1 aliphatic rings. The van der Waals surface area contributed by atoms with Gasteiger partial charge in [0.15, 0.2) is 0 Å². The Morgan fingerprint density at radius 3 is 2.52 bits per heavy atom. The highest BCUT2D eigenvalue weighted by Crippen LogP contribution is 2.25. The predicted octanol–water partition coefficient (Wildman–Crippen LogP) is 4.17. The fourth-order valence-electron chi connectivity index (χ4n) is 3.94. The molecule has 0 saturated carbocycles. The zero-order chi connectivity index (χ0) is 22.2. The number of aryl methyl sites for hydroxylation is 2. The molecule has 6 nitrogen and oxygen atoms in total. The summed E-state index contributed by atoms with van der Waals surface area (Å²) in [5.41, 5.74) is 2.88. The molecule has 164 valence electrons. The first-order chi connectivity index (χ1) is 14.8. The molecule has 2 heterocycles. The van der Waals surface area contributed by atoms with Gasteiger partial charge in [-0.05, 0) is 68.1 Å². The molecule has 2 aromatic carbocycles. The van der Waals surface area contributed by atoms with E-state index in [1.165, 1.54) is 16.4 Å². The van der Waals surface area contributed by atoms with Crippen LogP contribution < -0.4 is 5.56 Å². The van der Waals surface area contributed by atoms with Gasteiger partial charge in [0.25, 0.3) is 5.56 Å². The average molecular weight is 461 g/mol. The predicted molar refractivity (Wildman–Crippen MR) is 122 cm³/mol. The molecule has 1 atom stereocenters. The second-order valence-electron chi connectivity index (χ2n) is 8.00. The number of sulfonamides is 1. The van der Waals surface area contributed by atoms with Crippen LogP contribution in [0.4, 0.5) is 0 Å². The third-order valence-corrected chi connectivity index (χ3v) is 7.83. The average Bonchev–Trinajstić information content (AvgIpc) is 3.25. The second-order valence-corrected chi connectivity index (χ2v) is 10.4. The summed E-state index contributed by atoms with van der Waals surface area (Å²) in [6, 6.07) is 11.8. The lowest BCUT2D eigenvalue weighted by atomic mass is 10.0. The van der Waals surface area contributed by atoms with E-state index >= 15 is 0 Å². The van der Waals surface area contributed by atoms with Crippen LogP contribution in [0.1, 0.15) is 29.5 Å². The van der Waals surface area contributed by atoms with Crippen molar-refractivity contribution in [3.63, 3.8) is 0 Å². The number of aromatic nitrogens is 1. The minimum absolute atomic E-state index is 0.0382. The van der Waals surface area contributed by atoms with Crippen molar-refractivity contribution in [2.75, 3.05) is 13.2 Å². The third-order valence-electron chi connectivity index (χ3n) is 5.75. The minimum Gasteiger partial charge on any atom is -0.377 e. The lowest BCUT2D eigenvalue weighted by molar-refractivity contribution is 0.0925. The maximum absolute atomic E-state index is 13.4. The number of hydrogen-bond donors (Lipinski definition) is 1. The van der Waals surface area contributed by atoms with E-state index in [9.17, 15) is 13.2 Å². The van der Waals surface area contributed by atoms with Crippen LogP contribution in [0.2, 0.25) is 5.02 Å². The van der Waals surface area contributed by atoms with Crippen molar-refractivity contribution in [1.82, 2.24) is 9.29 Å². The third kappa shape index (κ3) is 4.55. The van der Waals surface area contributed by atoms with E-state index in [0.717, 1.165) is 34.9 Å². The number of halogens is 1. The van der Waals surface area contributed by atoms with Crippen LogP contribution in [0.15, 0.2) is 52.2 Å². The van der Waals surface area contributed by atoms with Gasteiger partial charge in [-0.3, -0.25) is 4.79 Å². The Balaban J connectivity index is 1.76. The SMILES string of the molecule is Cc1ccc(C)c2[nH]c(=O)c(CN(C[C@@H]3CCCO3)S(=O)(=O)c3ccc(Cl)cc3)cc12. The van der Waals surface area contributed by atoms with E-state index in [1.807, 2.05) is 26.0 Å². The molecular weight excluding hydrogens is 436 g/mol. The molecular formula is C23H25ClN2O4S. The molecule has 3 aromatic rings. The molecule has 4 rings (SSSR count). The van der Waals surface area contributed by atoms with E-state index in [1.54, 1.807) is 18.2 Å². The Hall–Kier alpha value is -2.19. The topological polar surface area (TPSA) is 79.5 Å². The van der Waals surface area contributed by atoms with Gasteiger partial charge < -0.3 is 9.72 Å². The van der Waals surface area contributed by atoms with E-state index in [0.29, 0.717) is 17.2 Å². The molecule has 0 bridgehead atoms. The van der Waals surface area contributed by atoms with Crippen molar-refractivity contribution in [1.29, 1.82) is 0 Å². The highest BCUT2D eigenvalue weighted by atomic mass is 35.5. The number of H-pyrrole nitrogens is 1. The maximum atomic E-state index is 13.4. The molecule has 31 heavy (non-hydrogen) atoms. The van der Waals surface area contributed by atoms with Gasteiger partial charge in [0, 0.05) is 35.7 Å². The number of rotatable bonds is 6. The number of hydrogen-bond acceptors (Lipinski definition) is 4. The molecule has 1 fully saturated rings. The minimum atomic E-state index is -3.85. The molecule has 0 spiro atoms.